The van der Waals surface area contributed by atoms with Crippen molar-refractivity contribution in [2.45, 2.75) is 65.6 Å². The number of nitrogens with zero attached hydrogens (tertiary/aromatic N) is 5. The fourth-order valence-electron chi connectivity index (χ4n) is 5.50. The lowest BCUT2D eigenvalue weighted by atomic mass is 9.84. The first-order chi connectivity index (χ1) is 18.9. The Morgan fingerprint density at radius 1 is 1.18 bits per heavy atom. The van der Waals surface area contributed by atoms with Crippen LogP contribution in [0.4, 0.5) is 0 Å². The van der Waals surface area contributed by atoms with E-state index in [2.05, 4.69) is 65.2 Å². The van der Waals surface area contributed by atoms with Crippen molar-refractivity contribution in [1.82, 2.24) is 24.9 Å². The van der Waals surface area contributed by atoms with Crippen molar-refractivity contribution in [3.63, 3.8) is 0 Å². The molecule has 1 aliphatic rings. The number of aryl methyl sites for hydroxylation is 3. The smallest absolute Gasteiger partial charge is 0.306 e. The van der Waals surface area contributed by atoms with Gasteiger partial charge in [0.25, 0.3) is 0 Å². The van der Waals surface area contributed by atoms with Crippen molar-refractivity contribution in [2.24, 2.45) is 7.05 Å². The van der Waals surface area contributed by atoms with E-state index in [-0.39, 0.29) is 24.4 Å². The Hall–Kier alpha value is -3.78. The molecule has 0 N–H and O–H groups in total. The Kier molecular flexibility index (Phi) is 7.93. The maximum Gasteiger partial charge on any atom is 0.306 e. The number of rotatable bonds is 8. The van der Waals surface area contributed by atoms with E-state index in [1.54, 1.807) is 4.68 Å². The van der Waals surface area contributed by atoms with Crippen LogP contribution >= 0.6 is 0 Å². The van der Waals surface area contributed by atoms with Gasteiger partial charge in [-0.1, -0.05) is 36.4 Å². The van der Waals surface area contributed by atoms with E-state index in [0.717, 1.165) is 65.2 Å². The molecule has 3 heterocycles. The molecule has 2 aromatic heterocycles. The quantitative estimate of drug-likeness (QED) is 0.290. The van der Waals surface area contributed by atoms with Gasteiger partial charge in [0.05, 0.1) is 24.2 Å². The first-order valence-corrected chi connectivity index (χ1v) is 13.7. The summed E-state index contributed by atoms with van der Waals surface area (Å²) in [5, 5.41) is 8.60. The van der Waals surface area contributed by atoms with E-state index >= 15 is 0 Å². The number of hydrogen-bond donors (Lipinski definition) is 0. The number of aromatic nitrogens is 4. The Labute approximate surface area is 229 Å². The van der Waals surface area contributed by atoms with Gasteiger partial charge in [-0.2, -0.15) is 0 Å². The topological polar surface area (TPSA) is 82.4 Å². The van der Waals surface area contributed by atoms with Crippen LogP contribution in [0.15, 0.2) is 48.7 Å². The van der Waals surface area contributed by atoms with Gasteiger partial charge in [-0.05, 0) is 73.2 Å². The van der Waals surface area contributed by atoms with Crippen molar-refractivity contribution >= 4 is 17.0 Å². The van der Waals surface area contributed by atoms with Crippen molar-refractivity contribution < 1.29 is 14.3 Å². The number of carbonyl (C=O) groups excluding carboxylic acids is 1. The predicted molar refractivity (Wildman–Crippen MR) is 151 cm³/mol. The van der Waals surface area contributed by atoms with Gasteiger partial charge < -0.3 is 9.47 Å². The number of carbonyl (C=O) groups is 1. The zero-order chi connectivity index (χ0) is 27.5. The third-order valence-electron chi connectivity index (χ3n) is 7.73. The minimum atomic E-state index is -0.207. The monoisotopic (exact) mass is 527 g/mol. The van der Waals surface area contributed by atoms with E-state index in [9.17, 15) is 4.79 Å². The molecular formula is C31H37N5O3. The average molecular weight is 528 g/mol. The zero-order valence-corrected chi connectivity index (χ0v) is 23.5. The highest BCUT2D eigenvalue weighted by molar-refractivity contribution is 5.80. The standard InChI is InChI=1S/C31H37N5O3/c1-6-24-18-36(19-27-29(39-24)9-8-14-32-27)17-23-15-22(11-10-20(23)3)26(16-30(37)38-7-2)25-12-13-28-31(21(25)4)33-34-35(28)5/h8-15,24,26H,6-7,16-19H2,1-5H3/t24-,26-/m1/s1. The number of hydrogen-bond acceptors (Lipinski definition) is 7. The summed E-state index contributed by atoms with van der Waals surface area (Å²) in [5.74, 6) is 0.510. The minimum absolute atomic E-state index is 0.108. The SMILES string of the molecule is CCOC(=O)C[C@H](c1ccc(C)c(CN2Cc3ncccc3O[C@H](CC)C2)c1)c1ccc2c(nnn2C)c1C. The Morgan fingerprint density at radius 3 is 2.82 bits per heavy atom. The lowest BCUT2D eigenvalue weighted by Crippen LogP contribution is -2.32. The molecule has 0 unspecified atom stereocenters. The molecule has 4 aromatic rings. The van der Waals surface area contributed by atoms with Crippen molar-refractivity contribution in [3.8, 4) is 5.75 Å². The highest BCUT2D eigenvalue weighted by Crippen LogP contribution is 2.35. The van der Waals surface area contributed by atoms with E-state index in [4.69, 9.17) is 9.47 Å². The predicted octanol–water partition coefficient (Wildman–Crippen LogP) is 5.24. The molecule has 0 saturated carbocycles. The van der Waals surface area contributed by atoms with Gasteiger partial charge in [-0.15, -0.1) is 5.10 Å². The van der Waals surface area contributed by atoms with Crippen LogP contribution in [0, 0.1) is 13.8 Å². The van der Waals surface area contributed by atoms with Gasteiger partial charge in [-0.3, -0.25) is 14.7 Å². The van der Waals surface area contributed by atoms with E-state index < -0.39 is 0 Å². The fourth-order valence-corrected chi connectivity index (χ4v) is 5.50. The molecular weight excluding hydrogens is 490 g/mol. The summed E-state index contributed by atoms with van der Waals surface area (Å²) < 4.78 is 13.4. The van der Waals surface area contributed by atoms with Gasteiger partial charge in [0, 0.05) is 38.8 Å². The van der Waals surface area contributed by atoms with Crippen LogP contribution in [-0.4, -0.2) is 50.1 Å². The van der Waals surface area contributed by atoms with Crippen molar-refractivity contribution in [1.29, 1.82) is 0 Å². The number of ether oxygens (including phenoxy) is 2. The lowest BCUT2D eigenvalue weighted by Gasteiger charge is -2.25. The maximum absolute atomic E-state index is 12.8. The Balaban J connectivity index is 1.50. The van der Waals surface area contributed by atoms with Crippen LogP contribution in [0.5, 0.6) is 5.75 Å². The number of benzene rings is 2. The summed E-state index contributed by atoms with van der Waals surface area (Å²) in [6, 6.07) is 14.6. The van der Waals surface area contributed by atoms with Gasteiger partial charge in [0.15, 0.2) is 0 Å². The third kappa shape index (κ3) is 5.66. The summed E-state index contributed by atoms with van der Waals surface area (Å²) >= 11 is 0. The summed E-state index contributed by atoms with van der Waals surface area (Å²) in [5.41, 5.74) is 8.44. The number of pyridine rings is 1. The van der Waals surface area contributed by atoms with Crippen LogP contribution in [0.1, 0.15) is 66.1 Å². The molecule has 0 spiro atoms. The minimum Gasteiger partial charge on any atom is -0.487 e. The summed E-state index contributed by atoms with van der Waals surface area (Å²) in [7, 11) is 1.89. The molecule has 0 bridgehead atoms. The Bertz CT molecular complexity index is 1480. The molecule has 0 fully saturated rings. The largest absolute Gasteiger partial charge is 0.487 e. The van der Waals surface area contributed by atoms with E-state index in [0.29, 0.717) is 6.61 Å². The summed E-state index contributed by atoms with van der Waals surface area (Å²) in [6.07, 6.45) is 3.12. The second-order valence-corrected chi connectivity index (χ2v) is 10.4. The second-order valence-electron chi connectivity index (χ2n) is 10.4. The molecule has 0 amide bonds. The van der Waals surface area contributed by atoms with Gasteiger partial charge in [-0.25, -0.2) is 4.68 Å². The molecule has 0 radical (unpaired) electrons. The molecule has 8 nitrogen and oxygen atoms in total. The number of fused-ring (bicyclic) bond motifs is 2. The van der Waals surface area contributed by atoms with Crippen LogP contribution in [0.25, 0.3) is 11.0 Å². The molecule has 8 heteroatoms. The molecule has 5 rings (SSSR count). The van der Waals surface area contributed by atoms with Crippen molar-refractivity contribution in [3.05, 3.63) is 82.2 Å². The zero-order valence-electron chi connectivity index (χ0n) is 23.5. The fraction of sp³-hybridized carbons (Fsp3) is 0.419. The molecule has 0 saturated heterocycles. The molecule has 0 aliphatic carbocycles. The highest BCUT2D eigenvalue weighted by atomic mass is 16.5. The molecule has 39 heavy (non-hydrogen) atoms. The molecule has 2 aromatic carbocycles. The third-order valence-corrected chi connectivity index (χ3v) is 7.73. The summed E-state index contributed by atoms with van der Waals surface area (Å²) in [6.45, 7) is 10.9. The first-order valence-electron chi connectivity index (χ1n) is 13.7. The van der Waals surface area contributed by atoms with Gasteiger partial charge >= 0.3 is 5.97 Å². The lowest BCUT2D eigenvalue weighted by molar-refractivity contribution is -0.143. The van der Waals surface area contributed by atoms with Crippen LogP contribution < -0.4 is 4.74 Å². The molecule has 2 atom stereocenters. The van der Waals surface area contributed by atoms with Crippen LogP contribution in [0.2, 0.25) is 0 Å². The molecule has 204 valence electrons. The van der Waals surface area contributed by atoms with Crippen molar-refractivity contribution in [2.75, 3.05) is 13.2 Å². The first kappa shape index (κ1) is 26.8. The van der Waals surface area contributed by atoms with E-state index in [1.807, 2.05) is 38.4 Å². The average Bonchev–Trinajstić information content (AvgIpc) is 3.20. The molecule has 1 aliphatic heterocycles. The summed E-state index contributed by atoms with van der Waals surface area (Å²) in [4.78, 5) is 19.8. The Morgan fingerprint density at radius 2 is 2.03 bits per heavy atom. The van der Waals surface area contributed by atoms with Crippen LogP contribution in [0.3, 0.4) is 0 Å². The number of esters is 1. The van der Waals surface area contributed by atoms with E-state index in [1.165, 1.54) is 11.1 Å². The van der Waals surface area contributed by atoms with Gasteiger partial charge in [0.1, 0.15) is 17.4 Å². The van der Waals surface area contributed by atoms with Gasteiger partial charge in [0.2, 0.25) is 0 Å². The normalized spacial score (nSPS) is 16.4. The second kappa shape index (κ2) is 11.5. The van der Waals surface area contributed by atoms with Crippen LogP contribution in [-0.2, 0) is 29.7 Å². The maximum atomic E-state index is 12.8. The highest BCUT2D eigenvalue weighted by Gasteiger charge is 2.26.